The average Bonchev–Trinajstić information content (AvgIpc) is 2.59. The maximum atomic E-state index is 11.5. The number of rotatable bonds is 5. The predicted octanol–water partition coefficient (Wildman–Crippen LogP) is 1.90. The number of carbonyl (C=O) groups is 1. The van der Waals surface area contributed by atoms with E-state index in [2.05, 4.69) is 17.2 Å². The summed E-state index contributed by atoms with van der Waals surface area (Å²) in [7, 11) is 0. The molecule has 0 saturated heterocycles. The normalized spacial score (nSPS) is 10.1. The minimum absolute atomic E-state index is 0.146. The Balaban J connectivity index is 2.32. The first-order valence-corrected chi connectivity index (χ1v) is 4.94. The molecule has 0 atom stereocenters. The molecule has 0 aliphatic rings. The Bertz CT molecular complexity index is 294. The zero-order valence-corrected chi connectivity index (χ0v) is 8.67. The topological polar surface area (TPSA) is 55.1 Å². The molecule has 0 unspecified atom stereocenters. The van der Waals surface area contributed by atoms with E-state index in [1.165, 1.54) is 6.39 Å². The molecule has 1 aromatic heterocycles. The largest absolute Gasteiger partial charge is 0.448 e. The van der Waals surface area contributed by atoms with E-state index in [1.807, 2.05) is 0 Å². The number of carbonyl (C=O) groups excluding carboxylic acids is 1. The summed E-state index contributed by atoms with van der Waals surface area (Å²) in [6.07, 6.45) is 4.59. The Morgan fingerprint density at radius 2 is 2.36 bits per heavy atom. The quantitative estimate of drug-likeness (QED) is 0.732. The molecule has 0 aliphatic carbocycles. The van der Waals surface area contributed by atoms with Gasteiger partial charge in [-0.25, -0.2) is 4.98 Å². The summed E-state index contributed by atoms with van der Waals surface area (Å²) in [6, 6.07) is 0. The second kappa shape index (κ2) is 5.42. The van der Waals surface area contributed by atoms with E-state index in [0.29, 0.717) is 18.0 Å². The number of nitrogens with zero attached hydrogens (tertiary/aromatic N) is 1. The zero-order chi connectivity index (χ0) is 10.4. The van der Waals surface area contributed by atoms with E-state index in [1.54, 1.807) is 6.92 Å². The number of oxazole rings is 1. The monoisotopic (exact) mass is 196 g/mol. The molecule has 0 saturated carbocycles. The van der Waals surface area contributed by atoms with Gasteiger partial charge in [0.1, 0.15) is 5.76 Å². The van der Waals surface area contributed by atoms with Gasteiger partial charge in [-0.2, -0.15) is 0 Å². The average molecular weight is 196 g/mol. The highest BCUT2D eigenvalue weighted by Crippen LogP contribution is 2.03. The number of unbranched alkanes of at least 4 members (excludes halogenated alkanes) is 2. The smallest absolute Gasteiger partial charge is 0.273 e. The Kier molecular flexibility index (Phi) is 4.16. The molecular formula is C10H16N2O2. The van der Waals surface area contributed by atoms with Crippen LogP contribution in [-0.2, 0) is 0 Å². The van der Waals surface area contributed by atoms with E-state index in [4.69, 9.17) is 4.42 Å². The van der Waals surface area contributed by atoms with E-state index in [-0.39, 0.29) is 5.91 Å². The molecule has 78 valence electrons. The van der Waals surface area contributed by atoms with E-state index in [9.17, 15) is 4.79 Å². The lowest BCUT2D eigenvalue weighted by molar-refractivity contribution is 0.0947. The second-order valence-corrected chi connectivity index (χ2v) is 3.22. The highest BCUT2D eigenvalue weighted by molar-refractivity contribution is 5.92. The summed E-state index contributed by atoms with van der Waals surface area (Å²) in [4.78, 5) is 15.3. The minimum Gasteiger partial charge on any atom is -0.448 e. The minimum atomic E-state index is -0.146. The molecule has 1 rings (SSSR count). The van der Waals surface area contributed by atoms with E-state index < -0.39 is 0 Å². The van der Waals surface area contributed by atoms with Gasteiger partial charge in [0.25, 0.3) is 5.91 Å². The summed E-state index contributed by atoms with van der Waals surface area (Å²) in [6.45, 7) is 4.57. The van der Waals surface area contributed by atoms with Crippen molar-refractivity contribution < 1.29 is 9.21 Å². The molecule has 1 aromatic rings. The first kappa shape index (κ1) is 10.8. The number of aromatic nitrogens is 1. The van der Waals surface area contributed by atoms with Gasteiger partial charge in [0, 0.05) is 6.54 Å². The van der Waals surface area contributed by atoms with Gasteiger partial charge in [-0.15, -0.1) is 0 Å². The van der Waals surface area contributed by atoms with Crippen molar-refractivity contribution in [2.45, 2.75) is 33.1 Å². The SMILES string of the molecule is CCCCCNC(=O)c1ncoc1C. The molecule has 0 fully saturated rings. The summed E-state index contributed by atoms with van der Waals surface area (Å²) in [5, 5.41) is 2.80. The molecular weight excluding hydrogens is 180 g/mol. The van der Waals surface area contributed by atoms with Gasteiger partial charge >= 0.3 is 0 Å². The first-order valence-electron chi connectivity index (χ1n) is 4.94. The molecule has 1 N–H and O–H groups in total. The molecule has 14 heavy (non-hydrogen) atoms. The molecule has 0 spiro atoms. The molecule has 0 aliphatic heterocycles. The maximum Gasteiger partial charge on any atom is 0.273 e. The molecule has 0 bridgehead atoms. The van der Waals surface area contributed by atoms with Crippen LogP contribution in [0.3, 0.4) is 0 Å². The lowest BCUT2D eigenvalue weighted by Gasteiger charge is -2.01. The molecule has 4 nitrogen and oxygen atoms in total. The fourth-order valence-corrected chi connectivity index (χ4v) is 1.18. The van der Waals surface area contributed by atoms with E-state index in [0.717, 1.165) is 19.3 Å². The van der Waals surface area contributed by atoms with Crippen molar-refractivity contribution >= 4 is 5.91 Å². The van der Waals surface area contributed by atoms with Crippen LogP contribution in [0.5, 0.6) is 0 Å². The van der Waals surface area contributed by atoms with Crippen LogP contribution in [0, 0.1) is 6.92 Å². The third-order valence-corrected chi connectivity index (χ3v) is 2.03. The van der Waals surface area contributed by atoms with Crippen molar-refractivity contribution in [2.75, 3.05) is 6.54 Å². The van der Waals surface area contributed by atoms with Crippen molar-refractivity contribution in [1.29, 1.82) is 0 Å². The molecule has 1 amide bonds. The van der Waals surface area contributed by atoms with Crippen molar-refractivity contribution in [2.24, 2.45) is 0 Å². The Labute approximate surface area is 83.7 Å². The maximum absolute atomic E-state index is 11.5. The van der Waals surface area contributed by atoms with Crippen LogP contribution in [0.2, 0.25) is 0 Å². The van der Waals surface area contributed by atoms with Crippen LogP contribution in [0.1, 0.15) is 42.4 Å². The Hall–Kier alpha value is -1.32. The van der Waals surface area contributed by atoms with Crippen molar-refractivity contribution in [3.63, 3.8) is 0 Å². The number of amides is 1. The number of nitrogens with one attached hydrogen (secondary N) is 1. The van der Waals surface area contributed by atoms with Crippen LogP contribution in [0.25, 0.3) is 0 Å². The second-order valence-electron chi connectivity index (χ2n) is 3.22. The van der Waals surface area contributed by atoms with Gasteiger partial charge < -0.3 is 9.73 Å². The van der Waals surface area contributed by atoms with Gasteiger partial charge in [0.2, 0.25) is 0 Å². The van der Waals surface area contributed by atoms with Gasteiger partial charge in [-0.05, 0) is 13.3 Å². The van der Waals surface area contributed by atoms with E-state index >= 15 is 0 Å². The predicted molar refractivity (Wildman–Crippen MR) is 53.1 cm³/mol. The number of aryl methyl sites for hydroxylation is 1. The lowest BCUT2D eigenvalue weighted by Crippen LogP contribution is -2.25. The third kappa shape index (κ3) is 2.87. The summed E-state index contributed by atoms with van der Waals surface area (Å²) in [5.41, 5.74) is 0.390. The van der Waals surface area contributed by atoms with Crippen LogP contribution in [-0.4, -0.2) is 17.4 Å². The number of hydrogen-bond donors (Lipinski definition) is 1. The van der Waals surface area contributed by atoms with Gasteiger partial charge in [0.15, 0.2) is 12.1 Å². The summed E-state index contributed by atoms with van der Waals surface area (Å²) >= 11 is 0. The molecule has 1 heterocycles. The fourth-order valence-electron chi connectivity index (χ4n) is 1.18. The fraction of sp³-hybridized carbons (Fsp3) is 0.600. The molecule has 0 aromatic carbocycles. The third-order valence-electron chi connectivity index (χ3n) is 2.03. The van der Waals surface area contributed by atoms with Crippen LogP contribution >= 0.6 is 0 Å². The van der Waals surface area contributed by atoms with Crippen LogP contribution < -0.4 is 5.32 Å². The van der Waals surface area contributed by atoms with Gasteiger partial charge in [-0.1, -0.05) is 19.8 Å². The highest BCUT2D eigenvalue weighted by atomic mass is 16.3. The lowest BCUT2D eigenvalue weighted by atomic mass is 10.2. The van der Waals surface area contributed by atoms with Gasteiger partial charge in [0.05, 0.1) is 0 Å². The summed E-state index contributed by atoms with van der Waals surface area (Å²) < 4.78 is 4.94. The summed E-state index contributed by atoms with van der Waals surface area (Å²) in [5.74, 6) is 0.422. The first-order chi connectivity index (χ1) is 6.75. The molecule has 4 heteroatoms. The highest BCUT2D eigenvalue weighted by Gasteiger charge is 2.11. The van der Waals surface area contributed by atoms with Crippen molar-refractivity contribution in [3.8, 4) is 0 Å². The van der Waals surface area contributed by atoms with Crippen LogP contribution in [0.4, 0.5) is 0 Å². The standard InChI is InChI=1S/C10H16N2O2/c1-3-4-5-6-11-10(13)9-8(2)14-7-12-9/h7H,3-6H2,1-2H3,(H,11,13). The number of hydrogen-bond acceptors (Lipinski definition) is 3. The van der Waals surface area contributed by atoms with Crippen molar-refractivity contribution in [1.82, 2.24) is 10.3 Å². The van der Waals surface area contributed by atoms with Crippen molar-refractivity contribution in [3.05, 3.63) is 17.8 Å². The zero-order valence-electron chi connectivity index (χ0n) is 8.67. The molecule has 0 radical (unpaired) electrons. The Morgan fingerprint density at radius 1 is 1.57 bits per heavy atom. The van der Waals surface area contributed by atoms with Gasteiger partial charge in [-0.3, -0.25) is 4.79 Å². The van der Waals surface area contributed by atoms with Crippen LogP contribution in [0.15, 0.2) is 10.8 Å². The Morgan fingerprint density at radius 3 is 2.93 bits per heavy atom.